The molecule has 1 aliphatic heterocycles. The molecule has 2 aliphatic rings. The van der Waals surface area contributed by atoms with Crippen molar-refractivity contribution in [2.24, 2.45) is 5.73 Å². The molecule has 0 unspecified atom stereocenters. The van der Waals surface area contributed by atoms with Crippen molar-refractivity contribution in [3.63, 3.8) is 0 Å². The van der Waals surface area contributed by atoms with Crippen molar-refractivity contribution in [3.05, 3.63) is 101 Å². The lowest BCUT2D eigenvalue weighted by atomic mass is 9.84. The predicted molar refractivity (Wildman–Crippen MR) is 160 cm³/mol. The van der Waals surface area contributed by atoms with Crippen molar-refractivity contribution in [1.82, 2.24) is 9.62 Å². The van der Waals surface area contributed by atoms with E-state index in [1.165, 1.54) is 30.3 Å². The third kappa shape index (κ3) is 7.14. The summed E-state index contributed by atoms with van der Waals surface area (Å²) in [5.41, 5.74) is 7.24. The quantitative estimate of drug-likeness (QED) is 0.263. The minimum absolute atomic E-state index is 0.0808. The number of carbonyl (C=O) groups excluding carboxylic acids is 1. The van der Waals surface area contributed by atoms with E-state index in [0.29, 0.717) is 50.4 Å². The fourth-order valence-electron chi connectivity index (χ4n) is 6.07. The van der Waals surface area contributed by atoms with E-state index in [-0.39, 0.29) is 40.6 Å². The molecule has 4 atom stereocenters. The van der Waals surface area contributed by atoms with E-state index >= 15 is 4.39 Å². The highest BCUT2D eigenvalue weighted by Gasteiger charge is 2.45. The van der Waals surface area contributed by atoms with Crippen LogP contribution in [0.2, 0.25) is 0 Å². The van der Waals surface area contributed by atoms with E-state index in [2.05, 4.69) is 10.6 Å². The number of benzene rings is 3. The second-order valence-electron chi connectivity index (χ2n) is 11.6. The summed E-state index contributed by atoms with van der Waals surface area (Å²) in [4.78, 5) is 13.5. The lowest BCUT2D eigenvalue weighted by Gasteiger charge is -2.40. The smallest absolute Gasteiger partial charge is 0.242 e. The molecule has 0 spiro atoms. The SMILES string of the molecule is C[C@@H]1CNC[C@H](CCCc2c(F)cccc2NC(=O)[C@@H](N)[C@@H](c2ccc(F)cc2)c2cc(F)cc(F)c2)N1S(=O)(=O)C1CC1. The fraction of sp³-hybridized carbons (Fsp3) is 0.406. The average Bonchev–Trinajstić information content (AvgIpc) is 3.82. The highest BCUT2D eigenvalue weighted by atomic mass is 32.2. The van der Waals surface area contributed by atoms with Gasteiger partial charge in [-0.25, -0.2) is 26.0 Å². The minimum atomic E-state index is -3.41. The molecule has 12 heteroatoms. The van der Waals surface area contributed by atoms with Crippen LogP contribution in [0.5, 0.6) is 0 Å². The molecule has 3 aromatic rings. The van der Waals surface area contributed by atoms with Crippen molar-refractivity contribution in [1.29, 1.82) is 0 Å². The zero-order valence-corrected chi connectivity index (χ0v) is 25.1. The molecular formula is C32H36F4N4O3S. The number of halogens is 4. The van der Waals surface area contributed by atoms with Crippen molar-refractivity contribution >= 4 is 21.6 Å². The van der Waals surface area contributed by atoms with Gasteiger partial charge in [0.2, 0.25) is 15.9 Å². The largest absolute Gasteiger partial charge is 0.324 e. The Balaban J connectivity index is 1.33. The maximum Gasteiger partial charge on any atom is 0.242 e. The van der Waals surface area contributed by atoms with Crippen molar-refractivity contribution in [2.45, 2.75) is 68.3 Å². The number of rotatable bonds is 11. The number of hydrogen-bond acceptors (Lipinski definition) is 5. The van der Waals surface area contributed by atoms with Gasteiger partial charge in [0.05, 0.1) is 11.3 Å². The van der Waals surface area contributed by atoms with Crippen LogP contribution in [-0.2, 0) is 21.2 Å². The van der Waals surface area contributed by atoms with Gasteiger partial charge in [-0.2, -0.15) is 4.31 Å². The van der Waals surface area contributed by atoms with Crippen LogP contribution in [0, 0.1) is 23.3 Å². The summed E-state index contributed by atoms with van der Waals surface area (Å²) in [7, 11) is -3.41. The van der Waals surface area contributed by atoms with E-state index in [9.17, 15) is 26.4 Å². The maximum atomic E-state index is 15.1. The molecule has 1 aliphatic carbocycles. The molecule has 5 rings (SSSR count). The van der Waals surface area contributed by atoms with Crippen LogP contribution in [0.4, 0.5) is 23.2 Å². The van der Waals surface area contributed by atoms with Gasteiger partial charge in [-0.15, -0.1) is 0 Å². The lowest BCUT2D eigenvalue weighted by molar-refractivity contribution is -0.117. The number of nitrogens with two attached hydrogens (primary N) is 1. The van der Waals surface area contributed by atoms with Crippen LogP contribution in [0.1, 0.15) is 55.2 Å². The van der Waals surface area contributed by atoms with Gasteiger partial charge in [0.25, 0.3) is 0 Å². The molecule has 1 saturated carbocycles. The Bertz CT molecular complexity index is 1580. The molecule has 1 amide bonds. The summed E-state index contributed by atoms with van der Waals surface area (Å²) in [6.07, 6.45) is 2.50. The molecule has 236 valence electrons. The summed E-state index contributed by atoms with van der Waals surface area (Å²) in [5, 5.41) is 5.64. The number of anilines is 1. The molecule has 4 N–H and O–H groups in total. The molecule has 0 aromatic heterocycles. The minimum Gasteiger partial charge on any atom is -0.324 e. The van der Waals surface area contributed by atoms with Crippen LogP contribution < -0.4 is 16.4 Å². The standard InChI is InChI=1S/C32H36F4N4O3S/c1-19-17-38-18-25(40(19)44(42,43)26-12-13-26)4-2-5-27-28(36)6-3-7-29(27)39-32(41)31(37)30(20-8-10-22(33)11-9-20)21-14-23(34)16-24(35)15-21/h3,6-11,14-16,19,25-26,30-31,38H,2,4-5,12-13,17-18,37H2,1H3,(H,39,41)/t19-,25+,30+,31+/m1/s1. The first-order chi connectivity index (χ1) is 21.0. The molecular weight excluding hydrogens is 596 g/mol. The van der Waals surface area contributed by atoms with E-state index in [0.717, 1.165) is 24.3 Å². The van der Waals surface area contributed by atoms with Crippen LogP contribution in [0.25, 0.3) is 0 Å². The number of nitrogens with one attached hydrogen (secondary N) is 2. The highest BCUT2D eigenvalue weighted by Crippen LogP contribution is 2.35. The maximum absolute atomic E-state index is 15.1. The van der Waals surface area contributed by atoms with Gasteiger partial charge in [0, 0.05) is 48.4 Å². The Morgan fingerprint density at radius 1 is 0.977 bits per heavy atom. The summed E-state index contributed by atoms with van der Waals surface area (Å²) in [6.45, 7) is 2.94. The van der Waals surface area contributed by atoms with Gasteiger partial charge in [0.1, 0.15) is 23.3 Å². The summed E-state index contributed by atoms with van der Waals surface area (Å²) >= 11 is 0. The van der Waals surface area contributed by atoms with Gasteiger partial charge >= 0.3 is 0 Å². The number of sulfonamides is 1. The average molecular weight is 633 g/mol. The lowest BCUT2D eigenvalue weighted by Crippen LogP contribution is -2.58. The monoisotopic (exact) mass is 632 g/mol. The Morgan fingerprint density at radius 3 is 2.32 bits per heavy atom. The van der Waals surface area contributed by atoms with Gasteiger partial charge < -0.3 is 16.4 Å². The molecule has 0 radical (unpaired) electrons. The number of carbonyl (C=O) groups is 1. The number of piperazine rings is 1. The van der Waals surface area contributed by atoms with Crippen molar-refractivity contribution in [2.75, 3.05) is 18.4 Å². The van der Waals surface area contributed by atoms with E-state index in [1.807, 2.05) is 6.92 Å². The topological polar surface area (TPSA) is 105 Å². The summed E-state index contributed by atoms with van der Waals surface area (Å²) in [6, 6.07) is 10.3. The van der Waals surface area contributed by atoms with Crippen LogP contribution >= 0.6 is 0 Å². The van der Waals surface area contributed by atoms with Gasteiger partial charge in [-0.3, -0.25) is 4.79 Å². The van der Waals surface area contributed by atoms with Crippen LogP contribution in [0.15, 0.2) is 60.7 Å². The first-order valence-corrected chi connectivity index (χ1v) is 16.2. The second kappa shape index (κ2) is 13.4. The molecule has 3 aromatic carbocycles. The predicted octanol–water partition coefficient (Wildman–Crippen LogP) is 4.82. The van der Waals surface area contributed by atoms with Gasteiger partial charge in [-0.05, 0) is 86.6 Å². The Kier molecular flexibility index (Phi) is 9.74. The summed E-state index contributed by atoms with van der Waals surface area (Å²) in [5.74, 6) is -4.58. The molecule has 7 nitrogen and oxygen atoms in total. The third-order valence-electron chi connectivity index (χ3n) is 8.33. The molecule has 2 fully saturated rings. The second-order valence-corrected chi connectivity index (χ2v) is 13.8. The van der Waals surface area contributed by atoms with Crippen molar-refractivity contribution < 1.29 is 30.8 Å². The number of hydrogen-bond donors (Lipinski definition) is 3. The fourth-order valence-corrected chi connectivity index (χ4v) is 8.32. The highest BCUT2D eigenvalue weighted by molar-refractivity contribution is 7.90. The van der Waals surface area contributed by atoms with Crippen molar-refractivity contribution in [3.8, 4) is 0 Å². The third-order valence-corrected chi connectivity index (χ3v) is 10.9. The van der Waals surface area contributed by atoms with Gasteiger partial charge in [0.15, 0.2) is 0 Å². The van der Waals surface area contributed by atoms with E-state index in [4.69, 9.17) is 5.73 Å². The van der Waals surface area contributed by atoms with Crippen LogP contribution in [-0.4, -0.2) is 55.1 Å². The van der Waals surface area contributed by atoms with E-state index < -0.39 is 51.2 Å². The van der Waals surface area contributed by atoms with Gasteiger partial charge in [-0.1, -0.05) is 18.2 Å². The zero-order valence-electron chi connectivity index (χ0n) is 24.3. The Labute approximate surface area is 254 Å². The van der Waals surface area contributed by atoms with Crippen LogP contribution in [0.3, 0.4) is 0 Å². The number of amides is 1. The molecule has 1 heterocycles. The zero-order chi connectivity index (χ0) is 31.6. The Hall–Kier alpha value is -3.32. The van der Waals surface area contributed by atoms with E-state index in [1.54, 1.807) is 4.31 Å². The summed E-state index contributed by atoms with van der Waals surface area (Å²) < 4.78 is 85.0. The molecule has 1 saturated heterocycles. The Morgan fingerprint density at radius 2 is 1.66 bits per heavy atom. The first kappa shape index (κ1) is 32.1. The first-order valence-electron chi connectivity index (χ1n) is 14.7. The molecule has 44 heavy (non-hydrogen) atoms. The number of nitrogens with zero attached hydrogens (tertiary/aromatic N) is 1. The molecule has 0 bridgehead atoms. The normalized spacial score (nSPS) is 20.7.